The molecule has 4 rings (SSSR count). The topological polar surface area (TPSA) is 72.1 Å². The van der Waals surface area contributed by atoms with E-state index in [0.29, 0.717) is 49.6 Å². The van der Waals surface area contributed by atoms with Crippen molar-refractivity contribution < 1.29 is 13.7 Å². The van der Waals surface area contributed by atoms with Crippen LogP contribution in [-0.2, 0) is 30.7 Å². The predicted molar refractivity (Wildman–Crippen MR) is 127 cm³/mol. The van der Waals surface area contributed by atoms with Crippen molar-refractivity contribution in [3.05, 3.63) is 101 Å². The van der Waals surface area contributed by atoms with Crippen molar-refractivity contribution in [2.75, 3.05) is 0 Å². The molecule has 7 heteroatoms. The first-order chi connectivity index (χ1) is 16.6. The van der Waals surface area contributed by atoms with Gasteiger partial charge in [-0.2, -0.15) is 4.98 Å². The summed E-state index contributed by atoms with van der Waals surface area (Å²) in [6, 6.07) is 18.2. The molecule has 2 aromatic heterocycles. The van der Waals surface area contributed by atoms with Crippen molar-refractivity contribution in [1.82, 2.24) is 20.0 Å². The molecule has 174 valence electrons. The van der Waals surface area contributed by atoms with E-state index >= 15 is 0 Å². The lowest BCUT2D eigenvalue weighted by atomic mass is 10.1. The summed E-state index contributed by atoms with van der Waals surface area (Å²) >= 11 is 0. The Balaban J connectivity index is 1.37. The molecule has 0 bridgehead atoms. The maximum absolute atomic E-state index is 13.1. The van der Waals surface area contributed by atoms with Gasteiger partial charge in [0.2, 0.25) is 17.6 Å². The third-order valence-corrected chi connectivity index (χ3v) is 5.61. The fourth-order valence-corrected chi connectivity index (χ4v) is 3.67. The van der Waals surface area contributed by atoms with E-state index in [1.54, 1.807) is 24.5 Å². The summed E-state index contributed by atoms with van der Waals surface area (Å²) in [5.41, 5.74) is 4.04. The zero-order valence-corrected chi connectivity index (χ0v) is 19.2. The second kappa shape index (κ2) is 11.3. The normalized spacial score (nSPS) is 10.9. The van der Waals surface area contributed by atoms with Gasteiger partial charge in [-0.05, 0) is 59.9 Å². The standard InChI is InChI=1S/C27H27FN4O2/c1-2-20-8-10-21(11-9-20)18-32(19-22-5-4-16-29-17-22)26(33)7-3-6-25-30-27(31-34-25)23-12-14-24(28)15-13-23/h4-5,8-17H,2-3,6-7,18-19H2,1H3. The van der Waals surface area contributed by atoms with E-state index in [1.165, 1.54) is 17.7 Å². The molecule has 0 atom stereocenters. The Bertz CT molecular complexity index is 1190. The Kier molecular flexibility index (Phi) is 7.75. The van der Waals surface area contributed by atoms with Crippen molar-refractivity contribution in [1.29, 1.82) is 0 Å². The van der Waals surface area contributed by atoms with Crippen LogP contribution in [0.25, 0.3) is 11.4 Å². The number of halogens is 1. The number of carbonyl (C=O) groups excluding carboxylic acids is 1. The van der Waals surface area contributed by atoms with Gasteiger partial charge in [-0.25, -0.2) is 4.39 Å². The summed E-state index contributed by atoms with van der Waals surface area (Å²) in [6.45, 7) is 3.16. The van der Waals surface area contributed by atoms with E-state index in [-0.39, 0.29) is 11.7 Å². The van der Waals surface area contributed by atoms with Gasteiger partial charge in [0.1, 0.15) is 5.82 Å². The van der Waals surface area contributed by atoms with Gasteiger partial charge in [0.25, 0.3) is 0 Å². The highest BCUT2D eigenvalue weighted by atomic mass is 19.1. The zero-order chi connectivity index (χ0) is 23.8. The average Bonchev–Trinajstić information content (AvgIpc) is 3.34. The van der Waals surface area contributed by atoms with Crippen molar-refractivity contribution in [3.8, 4) is 11.4 Å². The van der Waals surface area contributed by atoms with Gasteiger partial charge in [-0.1, -0.05) is 42.4 Å². The Morgan fingerprint density at radius 2 is 1.71 bits per heavy atom. The van der Waals surface area contributed by atoms with E-state index in [1.807, 2.05) is 17.0 Å². The van der Waals surface area contributed by atoms with Gasteiger partial charge in [-0.15, -0.1) is 0 Å². The highest BCUT2D eigenvalue weighted by molar-refractivity contribution is 5.76. The van der Waals surface area contributed by atoms with Crippen molar-refractivity contribution in [3.63, 3.8) is 0 Å². The Hall–Kier alpha value is -3.87. The van der Waals surface area contributed by atoms with E-state index in [0.717, 1.165) is 17.5 Å². The molecule has 1 amide bonds. The van der Waals surface area contributed by atoms with Crippen molar-refractivity contribution in [2.45, 2.75) is 45.7 Å². The van der Waals surface area contributed by atoms with Gasteiger partial charge >= 0.3 is 0 Å². The Morgan fingerprint density at radius 3 is 2.41 bits per heavy atom. The van der Waals surface area contributed by atoms with Crippen LogP contribution in [-0.4, -0.2) is 25.9 Å². The lowest BCUT2D eigenvalue weighted by Gasteiger charge is -2.23. The first-order valence-corrected chi connectivity index (χ1v) is 11.4. The van der Waals surface area contributed by atoms with Gasteiger partial charge < -0.3 is 9.42 Å². The minimum Gasteiger partial charge on any atom is -0.339 e. The van der Waals surface area contributed by atoms with E-state index < -0.39 is 0 Å². The number of rotatable bonds is 10. The van der Waals surface area contributed by atoms with Crippen LogP contribution in [0.4, 0.5) is 4.39 Å². The van der Waals surface area contributed by atoms with Crippen LogP contribution in [0.1, 0.15) is 42.3 Å². The molecule has 0 unspecified atom stereocenters. The van der Waals surface area contributed by atoms with Crippen molar-refractivity contribution >= 4 is 5.91 Å². The number of pyridine rings is 1. The number of nitrogens with zero attached hydrogens (tertiary/aromatic N) is 4. The average molecular weight is 459 g/mol. The first-order valence-electron chi connectivity index (χ1n) is 11.4. The SMILES string of the molecule is CCc1ccc(CN(Cc2cccnc2)C(=O)CCCc2nc(-c3ccc(F)cc3)no2)cc1. The van der Waals surface area contributed by atoms with Crippen LogP contribution in [0.15, 0.2) is 77.6 Å². The monoisotopic (exact) mass is 458 g/mol. The smallest absolute Gasteiger partial charge is 0.226 e. The number of aryl methyl sites for hydroxylation is 2. The number of aromatic nitrogens is 3. The molecular weight excluding hydrogens is 431 g/mol. The summed E-state index contributed by atoms with van der Waals surface area (Å²) in [5.74, 6) is 0.612. The van der Waals surface area contributed by atoms with Crippen LogP contribution in [0.2, 0.25) is 0 Å². The molecule has 0 saturated heterocycles. The third-order valence-electron chi connectivity index (χ3n) is 5.61. The quantitative estimate of drug-likeness (QED) is 0.319. The molecular formula is C27H27FN4O2. The maximum atomic E-state index is 13.1. The van der Waals surface area contributed by atoms with Crippen LogP contribution in [0, 0.1) is 5.82 Å². The molecule has 0 aliphatic rings. The van der Waals surface area contributed by atoms with Gasteiger partial charge in [0.15, 0.2) is 0 Å². The van der Waals surface area contributed by atoms with Crippen molar-refractivity contribution in [2.24, 2.45) is 0 Å². The molecule has 0 aliphatic carbocycles. The van der Waals surface area contributed by atoms with Crippen LogP contribution in [0.3, 0.4) is 0 Å². The molecule has 0 saturated carbocycles. The minimum absolute atomic E-state index is 0.0571. The van der Waals surface area contributed by atoms with E-state index in [9.17, 15) is 9.18 Å². The van der Waals surface area contributed by atoms with Gasteiger partial charge in [-0.3, -0.25) is 9.78 Å². The van der Waals surface area contributed by atoms with Crippen LogP contribution in [0.5, 0.6) is 0 Å². The highest BCUT2D eigenvalue weighted by Gasteiger charge is 2.16. The minimum atomic E-state index is -0.317. The largest absolute Gasteiger partial charge is 0.339 e. The first kappa shape index (κ1) is 23.3. The third kappa shape index (κ3) is 6.34. The molecule has 0 spiro atoms. The molecule has 4 aromatic rings. The number of benzene rings is 2. The van der Waals surface area contributed by atoms with Crippen LogP contribution >= 0.6 is 0 Å². The molecule has 0 radical (unpaired) electrons. The predicted octanol–water partition coefficient (Wildman–Crippen LogP) is 5.38. The summed E-state index contributed by atoms with van der Waals surface area (Å²) in [4.78, 5) is 23.5. The zero-order valence-electron chi connectivity index (χ0n) is 19.2. The number of carbonyl (C=O) groups is 1. The molecule has 2 aromatic carbocycles. The van der Waals surface area contributed by atoms with E-state index in [4.69, 9.17) is 4.52 Å². The lowest BCUT2D eigenvalue weighted by Crippen LogP contribution is -2.30. The second-order valence-corrected chi connectivity index (χ2v) is 8.15. The fourth-order valence-electron chi connectivity index (χ4n) is 3.67. The Morgan fingerprint density at radius 1 is 0.971 bits per heavy atom. The summed E-state index contributed by atoms with van der Waals surface area (Å²) in [6.07, 6.45) is 5.94. The lowest BCUT2D eigenvalue weighted by molar-refractivity contribution is -0.132. The molecule has 2 heterocycles. The summed E-state index contributed by atoms with van der Waals surface area (Å²) in [7, 11) is 0. The molecule has 0 fully saturated rings. The summed E-state index contributed by atoms with van der Waals surface area (Å²) in [5, 5.41) is 3.96. The molecule has 0 aliphatic heterocycles. The highest BCUT2D eigenvalue weighted by Crippen LogP contribution is 2.18. The molecule has 6 nitrogen and oxygen atoms in total. The van der Waals surface area contributed by atoms with Crippen LogP contribution < -0.4 is 0 Å². The van der Waals surface area contributed by atoms with E-state index in [2.05, 4.69) is 46.3 Å². The van der Waals surface area contributed by atoms with Gasteiger partial charge in [0.05, 0.1) is 0 Å². The number of hydrogen-bond donors (Lipinski definition) is 0. The second-order valence-electron chi connectivity index (χ2n) is 8.15. The van der Waals surface area contributed by atoms with Gasteiger partial charge in [0, 0.05) is 43.9 Å². The molecule has 34 heavy (non-hydrogen) atoms. The molecule has 0 N–H and O–H groups in total. The number of amides is 1. The Labute approximate surface area is 198 Å². The number of hydrogen-bond acceptors (Lipinski definition) is 5. The summed E-state index contributed by atoms with van der Waals surface area (Å²) < 4.78 is 18.4. The maximum Gasteiger partial charge on any atom is 0.226 e. The fraction of sp³-hybridized carbons (Fsp3) is 0.259.